The maximum atomic E-state index is 12.2. The van der Waals surface area contributed by atoms with Gasteiger partial charge >= 0.3 is 12.0 Å². The SMILES string of the molecule is O=C(O)C(NC(=O)N1CCC(CO)CC1)c1ccccc1. The molecular weight excluding hydrogens is 272 g/mol. The van der Waals surface area contributed by atoms with Gasteiger partial charge in [-0.2, -0.15) is 0 Å². The van der Waals surface area contributed by atoms with Crippen LogP contribution >= 0.6 is 0 Å². The Morgan fingerprint density at radius 2 is 1.86 bits per heavy atom. The monoisotopic (exact) mass is 292 g/mol. The maximum Gasteiger partial charge on any atom is 0.330 e. The van der Waals surface area contributed by atoms with Crippen LogP contribution in [0.2, 0.25) is 0 Å². The third kappa shape index (κ3) is 3.95. The number of urea groups is 1. The molecule has 1 saturated heterocycles. The van der Waals surface area contributed by atoms with E-state index in [-0.39, 0.29) is 18.6 Å². The number of hydrogen-bond acceptors (Lipinski definition) is 3. The van der Waals surface area contributed by atoms with Crippen LogP contribution in [0.3, 0.4) is 0 Å². The van der Waals surface area contributed by atoms with E-state index >= 15 is 0 Å². The topological polar surface area (TPSA) is 89.9 Å². The highest BCUT2D eigenvalue weighted by Crippen LogP contribution is 2.18. The molecule has 2 rings (SSSR count). The third-order valence-electron chi connectivity index (χ3n) is 3.81. The molecule has 1 aromatic carbocycles. The molecule has 6 heteroatoms. The molecule has 1 aliphatic rings. The van der Waals surface area contributed by atoms with Crippen LogP contribution in [0.5, 0.6) is 0 Å². The van der Waals surface area contributed by atoms with Crippen molar-refractivity contribution < 1.29 is 19.8 Å². The van der Waals surface area contributed by atoms with Crippen LogP contribution in [-0.2, 0) is 4.79 Å². The Labute approximate surface area is 123 Å². The number of nitrogens with one attached hydrogen (secondary N) is 1. The molecule has 2 amide bonds. The molecular formula is C15H20N2O4. The van der Waals surface area contributed by atoms with E-state index in [0.29, 0.717) is 18.7 Å². The first-order valence-corrected chi connectivity index (χ1v) is 7.06. The van der Waals surface area contributed by atoms with Crippen molar-refractivity contribution in [3.63, 3.8) is 0 Å². The molecule has 1 aliphatic heterocycles. The van der Waals surface area contributed by atoms with E-state index in [1.54, 1.807) is 35.2 Å². The fourth-order valence-electron chi connectivity index (χ4n) is 2.47. The predicted octanol–water partition coefficient (Wildman–Crippen LogP) is 1.23. The minimum Gasteiger partial charge on any atom is -0.479 e. The fraction of sp³-hybridized carbons (Fsp3) is 0.467. The number of nitrogens with zero attached hydrogens (tertiary/aromatic N) is 1. The Morgan fingerprint density at radius 1 is 1.24 bits per heavy atom. The summed E-state index contributed by atoms with van der Waals surface area (Å²) in [6.45, 7) is 1.22. The predicted molar refractivity (Wildman–Crippen MR) is 76.7 cm³/mol. The van der Waals surface area contributed by atoms with Crippen LogP contribution in [0.1, 0.15) is 24.4 Å². The number of aliphatic hydroxyl groups excluding tert-OH is 1. The first kappa shape index (κ1) is 15.3. The molecule has 1 unspecified atom stereocenters. The fourth-order valence-corrected chi connectivity index (χ4v) is 2.47. The minimum absolute atomic E-state index is 0.136. The number of rotatable bonds is 4. The van der Waals surface area contributed by atoms with E-state index in [2.05, 4.69) is 5.32 Å². The summed E-state index contributed by atoms with van der Waals surface area (Å²) in [6, 6.07) is 7.21. The van der Waals surface area contributed by atoms with Crippen molar-refractivity contribution in [2.45, 2.75) is 18.9 Å². The number of carbonyl (C=O) groups excluding carboxylic acids is 1. The number of amides is 2. The summed E-state index contributed by atoms with van der Waals surface area (Å²) in [6.07, 6.45) is 1.49. The number of aliphatic carboxylic acids is 1. The maximum absolute atomic E-state index is 12.2. The second-order valence-electron chi connectivity index (χ2n) is 5.24. The average molecular weight is 292 g/mol. The Balaban J connectivity index is 1.98. The number of carboxylic acids is 1. The van der Waals surface area contributed by atoms with E-state index < -0.39 is 12.0 Å². The van der Waals surface area contributed by atoms with Crippen molar-refractivity contribution in [3.05, 3.63) is 35.9 Å². The molecule has 0 saturated carbocycles. The van der Waals surface area contributed by atoms with Crippen molar-refractivity contribution in [3.8, 4) is 0 Å². The molecule has 0 aliphatic carbocycles. The zero-order valence-electron chi connectivity index (χ0n) is 11.7. The molecule has 1 heterocycles. The van der Waals surface area contributed by atoms with Gasteiger partial charge in [-0.3, -0.25) is 0 Å². The molecule has 6 nitrogen and oxygen atoms in total. The minimum atomic E-state index is -1.08. The number of carboxylic acid groups (broad SMARTS) is 1. The van der Waals surface area contributed by atoms with Gasteiger partial charge in [0.15, 0.2) is 6.04 Å². The summed E-state index contributed by atoms with van der Waals surface area (Å²) in [5.41, 5.74) is 0.545. The molecule has 1 aromatic rings. The van der Waals surface area contributed by atoms with Crippen LogP contribution in [0.15, 0.2) is 30.3 Å². The third-order valence-corrected chi connectivity index (χ3v) is 3.81. The zero-order chi connectivity index (χ0) is 15.2. The largest absolute Gasteiger partial charge is 0.479 e. The van der Waals surface area contributed by atoms with Gasteiger partial charge < -0.3 is 20.4 Å². The lowest BCUT2D eigenvalue weighted by atomic mass is 9.98. The number of likely N-dealkylation sites (tertiary alicyclic amines) is 1. The average Bonchev–Trinajstić information content (AvgIpc) is 2.53. The van der Waals surface area contributed by atoms with E-state index in [9.17, 15) is 14.7 Å². The van der Waals surface area contributed by atoms with Gasteiger partial charge in [0, 0.05) is 19.7 Å². The molecule has 0 bridgehead atoms. The summed E-state index contributed by atoms with van der Waals surface area (Å²) < 4.78 is 0. The number of piperidine rings is 1. The zero-order valence-corrected chi connectivity index (χ0v) is 11.7. The number of benzene rings is 1. The lowest BCUT2D eigenvalue weighted by Crippen LogP contribution is -2.47. The molecule has 0 radical (unpaired) electrons. The summed E-state index contributed by atoms with van der Waals surface area (Å²) in [5, 5.41) is 20.9. The van der Waals surface area contributed by atoms with E-state index in [0.717, 1.165) is 12.8 Å². The van der Waals surface area contributed by atoms with Gasteiger partial charge in [-0.25, -0.2) is 9.59 Å². The summed E-state index contributed by atoms with van der Waals surface area (Å²) in [7, 11) is 0. The molecule has 1 atom stereocenters. The van der Waals surface area contributed by atoms with Crippen molar-refractivity contribution in [1.82, 2.24) is 10.2 Å². The quantitative estimate of drug-likeness (QED) is 0.778. The second kappa shape index (κ2) is 7.08. The highest BCUT2D eigenvalue weighted by atomic mass is 16.4. The highest BCUT2D eigenvalue weighted by Gasteiger charge is 2.27. The van der Waals surface area contributed by atoms with Gasteiger partial charge in [0.2, 0.25) is 0 Å². The smallest absolute Gasteiger partial charge is 0.330 e. The van der Waals surface area contributed by atoms with Crippen LogP contribution in [0.4, 0.5) is 4.79 Å². The van der Waals surface area contributed by atoms with Crippen molar-refractivity contribution in [1.29, 1.82) is 0 Å². The molecule has 1 fully saturated rings. The lowest BCUT2D eigenvalue weighted by molar-refractivity contribution is -0.139. The number of carbonyl (C=O) groups is 2. The van der Waals surface area contributed by atoms with Gasteiger partial charge in [-0.05, 0) is 24.3 Å². The summed E-state index contributed by atoms with van der Waals surface area (Å²) in [5.74, 6) is -0.849. The summed E-state index contributed by atoms with van der Waals surface area (Å²) in [4.78, 5) is 25.1. The van der Waals surface area contributed by atoms with Gasteiger partial charge in [0.25, 0.3) is 0 Å². The molecule has 0 aromatic heterocycles. The molecule has 3 N–H and O–H groups in total. The van der Waals surface area contributed by atoms with Crippen LogP contribution < -0.4 is 5.32 Å². The van der Waals surface area contributed by atoms with Crippen LogP contribution in [0, 0.1) is 5.92 Å². The van der Waals surface area contributed by atoms with E-state index in [4.69, 9.17) is 5.11 Å². The van der Waals surface area contributed by atoms with Crippen LogP contribution in [0.25, 0.3) is 0 Å². The Kier molecular flexibility index (Phi) is 5.16. The number of aliphatic hydroxyl groups is 1. The standard InChI is InChI=1S/C15H20N2O4/c18-10-11-6-8-17(9-7-11)15(21)16-13(14(19)20)12-4-2-1-3-5-12/h1-5,11,13,18H,6-10H2,(H,16,21)(H,19,20). The molecule has 0 spiro atoms. The van der Waals surface area contributed by atoms with Crippen molar-refractivity contribution in [2.24, 2.45) is 5.92 Å². The lowest BCUT2D eigenvalue weighted by Gasteiger charge is -2.32. The van der Waals surface area contributed by atoms with Crippen molar-refractivity contribution >= 4 is 12.0 Å². The Morgan fingerprint density at radius 3 is 2.38 bits per heavy atom. The Bertz CT molecular complexity index is 484. The van der Waals surface area contributed by atoms with Gasteiger partial charge in [0.05, 0.1) is 0 Å². The van der Waals surface area contributed by atoms with Gasteiger partial charge in [0.1, 0.15) is 0 Å². The van der Waals surface area contributed by atoms with Crippen LogP contribution in [-0.4, -0.2) is 46.8 Å². The molecule has 21 heavy (non-hydrogen) atoms. The second-order valence-corrected chi connectivity index (χ2v) is 5.24. The van der Waals surface area contributed by atoms with Crippen molar-refractivity contribution in [2.75, 3.05) is 19.7 Å². The number of hydrogen-bond donors (Lipinski definition) is 3. The highest BCUT2D eigenvalue weighted by molar-refractivity contribution is 5.83. The summed E-state index contributed by atoms with van der Waals surface area (Å²) >= 11 is 0. The normalized spacial score (nSPS) is 17.3. The first-order valence-electron chi connectivity index (χ1n) is 7.06. The van der Waals surface area contributed by atoms with E-state index in [1.165, 1.54) is 0 Å². The first-order chi connectivity index (χ1) is 10.1. The van der Waals surface area contributed by atoms with E-state index in [1.807, 2.05) is 0 Å². The molecule has 114 valence electrons. The Hall–Kier alpha value is -2.08. The van der Waals surface area contributed by atoms with Gasteiger partial charge in [-0.15, -0.1) is 0 Å². The van der Waals surface area contributed by atoms with Gasteiger partial charge in [-0.1, -0.05) is 30.3 Å².